The van der Waals surface area contributed by atoms with Crippen LogP contribution in [-0.4, -0.2) is 18.3 Å². The number of nitrogens with one attached hydrogen (secondary N) is 1. The van der Waals surface area contributed by atoms with Gasteiger partial charge < -0.3 is 5.32 Å². The van der Waals surface area contributed by atoms with E-state index in [1.807, 2.05) is 6.92 Å². The van der Waals surface area contributed by atoms with Gasteiger partial charge in [0.05, 0.1) is 0 Å². The molecule has 0 saturated heterocycles. The molecule has 0 aromatic heterocycles. The summed E-state index contributed by atoms with van der Waals surface area (Å²) in [5.74, 6) is 1.12. The lowest BCUT2D eigenvalue weighted by Crippen LogP contribution is -2.24. The van der Waals surface area contributed by atoms with Crippen LogP contribution in [0.2, 0.25) is 5.02 Å². The Bertz CT molecular complexity index is 407. The van der Waals surface area contributed by atoms with Crippen molar-refractivity contribution in [1.29, 1.82) is 0 Å². The second-order valence-electron chi connectivity index (χ2n) is 4.62. The highest BCUT2D eigenvalue weighted by atomic mass is 35.5. The van der Waals surface area contributed by atoms with Crippen LogP contribution in [0.5, 0.6) is 0 Å². The quantitative estimate of drug-likeness (QED) is 0.621. The molecule has 0 heterocycles. The maximum Gasteiger partial charge on any atom is 0.251 e. The van der Waals surface area contributed by atoms with Gasteiger partial charge in [0, 0.05) is 23.0 Å². The number of carbonyl (C=O) groups is 1. The Balaban J connectivity index is 2.39. The van der Waals surface area contributed by atoms with E-state index in [-0.39, 0.29) is 5.91 Å². The van der Waals surface area contributed by atoms with Crippen molar-refractivity contribution in [1.82, 2.24) is 5.32 Å². The third-order valence-corrected chi connectivity index (χ3v) is 3.79. The van der Waals surface area contributed by atoms with E-state index in [0.717, 1.165) is 18.4 Å². The lowest BCUT2D eigenvalue weighted by Gasteiger charge is -2.09. The van der Waals surface area contributed by atoms with Gasteiger partial charge in [-0.3, -0.25) is 4.79 Å². The molecule has 100 valence electrons. The molecule has 0 aliphatic heterocycles. The molecule has 0 fully saturated rings. The first-order chi connectivity index (χ1) is 8.54. The zero-order valence-electron chi connectivity index (χ0n) is 10.8. The van der Waals surface area contributed by atoms with E-state index in [1.54, 1.807) is 18.2 Å². The number of rotatable bonds is 6. The largest absolute Gasteiger partial charge is 0.352 e. The van der Waals surface area contributed by atoms with Crippen molar-refractivity contribution in [3.05, 3.63) is 34.3 Å². The Morgan fingerprint density at radius 3 is 2.78 bits per heavy atom. The molecular weight excluding hydrogens is 269 g/mol. The van der Waals surface area contributed by atoms with Crippen LogP contribution >= 0.6 is 23.2 Å². The number of alkyl halides is 1. The number of benzene rings is 1. The maximum atomic E-state index is 11.8. The molecular formula is C14H19Cl2NO. The summed E-state index contributed by atoms with van der Waals surface area (Å²) >= 11 is 11.6. The number of hydrogen-bond donors (Lipinski definition) is 1. The van der Waals surface area contributed by atoms with E-state index in [0.29, 0.717) is 28.9 Å². The lowest BCUT2D eigenvalue weighted by atomic mass is 10.1. The number of aryl methyl sites for hydroxylation is 1. The van der Waals surface area contributed by atoms with Crippen LogP contribution in [0.15, 0.2) is 18.2 Å². The summed E-state index contributed by atoms with van der Waals surface area (Å²) in [4.78, 5) is 11.8. The Labute approximate surface area is 119 Å². The molecule has 1 amide bonds. The van der Waals surface area contributed by atoms with Crippen LogP contribution in [-0.2, 0) is 0 Å². The van der Waals surface area contributed by atoms with E-state index >= 15 is 0 Å². The van der Waals surface area contributed by atoms with Crippen molar-refractivity contribution in [2.75, 3.05) is 12.4 Å². The molecule has 1 atom stereocenters. The molecule has 1 N–H and O–H groups in total. The number of hydrogen-bond acceptors (Lipinski definition) is 1. The first kappa shape index (κ1) is 15.3. The Kier molecular flexibility index (Phi) is 6.51. The van der Waals surface area contributed by atoms with Crippen LogP contribution in [0.1, 0.15) is 35.7 Å². The van der Waals surface area contributed by atoms with Crippen LogP contribution < -0.4 is 5.32 Å². The van der Waals surface area contributed by atoms with E-state index < -0.39 is 0 Å². The number of carbonyl (C=O) groups excluding carboxylic acids is 1. The Morgan fingerprint density at radius 2 is 2.17 bits per heavy atom. The monoisotopic (exact) mass is 287 g/mol. The fourth-order valence-corrected chi connectivity index (χ4v) is 1.89. The molecule has 18 heavy (non-hydrogen) atoms. The zero-order chi connectivity index (χ0) is 13.5. The lowest BCUT2D eigenvalue weighted by molar-refractivity contribution is 0.0952. The second kappa shape index (κ2) is 7.65. The average Bonchev–Trinajstić information content (AvgIpc) is 2.37. The minimum atomic E-state index is -0.0479. The molecule has 1 aromatic rings. The van der Waals surface area contributed by atoms with Crippen molar-refractivity contribution in [3.8, 4) is 0 Å². The molecule has 1 unspecified atom stereocenters. The van der Waals surface area contributed by atoms with Crippen LogP contribution in [0, 0.1) is 12.8 Å². The molecule has 1 rings (SSSR count). The third-order valence-electron chi connectivity index (χ3n) is 2.84. The number of halogens is 2. The fraction of sp³-hybridized carbons (Fsp3) is 0.500. The van der Waals surface area contributed by atoms with Crippen molar-refractivity contribution in [2.45, 2.75) is 26.7 Å². The van der Waals surface area contributed by atoms with Gasteiger partial charge >= 0.3 is 0 Å². The topological polar surface area (TPSA) is 29.1 Å². The normalized spacial score (nSPS) is 12.2. The summed E-state index contributed by atoms with van der Waals surface area (Å²) in [5.41, 5.74) is 1.57. The summed E-state index contributed by atoms with van der Waals surface area (Å²) in [7, 11) is 0. The molecule has 0 spiro atoms. The summed E-state index contributed by atoms with van der Waals surface area (Å²) in [6, 6.07) is 5.30. The predicted molar refractivity (Wildman–Crippen MR) is 77.6 cm³/mol. The maximum absolute atomic E-state index is 11.8. The van der Waals surface area contributed by atoms with Crippen LogP contribution in [0.4, 0.5) is 0 Å². The Morgan fingerprint density at radius 1 is 1.44 bits per heavy atom. The zero-order valence-corrected chi connectivity index (χ0v) is 12.3. The molecule has 0 bridgehead atoms. The average molecular weight is 288 g/mol. The molecule has 4 heteroatoms. The van der Waals surface area contributed by atoms with Gasteiger partial charge in [0.1, 0.15) is 0 Å². The van der Waals surface area contributed by atoms with E-state index in [1.165, 1.54) is 0 Å². The van der Waals surface area contributed by atoms with Crippen molar-refractivity contribution in [2.24, 2.45) is 5.92 Å². The SMILES string of the molecule is Cc1cc(C(=O)NCCCC(C)CCl)ccc1Cl. The molecule has 0 aliphatic carbocycles. The van der Waals surface area contributed by atoms with Crippen molar-refractivity contribution < 1.29 is 4.79 Å². The second-order valence-corrected chi connectivity index (χ2v) is 5.34. The summed E-state index contributed by atoms with van der Waals surface area (Å²) in [6.07, 6.45) is 1.98. The number of amides is 1. The van der Waals surface area contributed by atoms with Gasteiger partial charge in [0.25, 0.3) is 5.91 Å². The standard InChI is InChI=1S/C14H19Cl2NO/c1-10(9-15)4-3-7-17-14(18)12-5-6-13(16)11(2)8-12/h5-6,8,10H,3-4,7,9H2,1-2H3,(H,17,18). The molecule has 1 aromatic carbocycles. The van der Waals surface area contributed by atoms with Crippen molar-refractivity contribution in [3.63, 3.8) is 0 Å². The van der Waals surface area contributed by atoms with Gasteiger partial charge in [-0.05, 0) is 49.4 Å². The van der Waals surface area contributed by atoms with Gasteiger partial charge in [0.15, 0.2) is 0 Å². The predicted octanol–water partition coefficient (Wildman–Crippen LogP) is 4.03. The minimum Gasteiger partial charge on any atom is -0.352 e. The smallest absolute Gasteiger partial charge is 0.251 e. The summed E-state index contributed by atoms with van der Waals surface area (Å²) in [5, 5.41) is 3.58. The van der Waals surface area contributed by atoms with E-state index in [2.05, 4.69) is 12.2 Å². The highest BCUT2D eigenvalue weighted by molar-refractivity contribution is 6.31. The summed E-state index contributed by atoms with van der Waals surface area (Å²) < 4.78 is 0. The van der Waals surface area contributed by atoms with Gasteiger partial charge in [-0.2, -0.15) is 0 Å². The minimum absolute atomic E-state index is 0.0479. The summed E-state index contributed by atoms with van der Waals surface area (Å²) in [6.45, 7) is 4.68. The molecule has 0 saturated carbocycles. The fourth-order valence-electron chi connectivity index (χ4n) is 1.62. The van der Waals surface area contributed by atoms with Gasteiger partial charge in [-0.1, -0.05) is 18.5 Å². The first-order valence-corrected chi connectivity index (χ1v) is 7.06. The van der Waals surface area contributed by atoms with Crippen molar-refractivity contribution >= 4 is 29.1 Å². The van der Waals surface area contributed by atoms with E-state index in [4.69, 9.17) is 23.2 Å². The first-order valence-electron chi connectivity index (χ1n) is 6.15. The van der Waals surface area contributed by atoms with E-state index in [9.17, 15) is 4.79 Å². The van der Waals surface area contributed by atoms with Gasteiger partial charge in [-0.15, -0.1) is 11.6 Å². The molecule has 0 aliphatic rings. The molecule has 0 radical (unpaired) electrons. The van der Waals surface area contributed by atoms with Crippen LogP contribution in [0.25, 0.3) is 0 Å². The Hall–Kier alpha value is -0.730. The van der Waals surface area contributed by atoms with Crippen LogP contribution in [0.3, 0.4) is 0 Å². The van der Waals surface area contributed by atoms with Gasteiger partial charge in [0.2, 0.25) is 0 Å². The molecule has 2 nitrogen and oxygen atoms in total. The highest BCUT2D eigenvalue weighted by Gasteiger charge is 2.07. The third kappa shape index (κ3) is 4.87. The highest BCUT2D eigenvalue weighted by Crippen LogP contribution is 2.16. The van der Waals surface area contributed by atoms with Gasteiger partial charge in [-0.25, -0.2) is 0 Å².